The number of aryl methyl sites for hydroxylation is 1. The summed E-state index contributed by atoms with van der Waals surface area (Å²) in [7, 11) is 0. The van der Waals surface area contributed by atoms with Gasteiger partial charge in [-0.25, -0.2) is 0 Å². The lowest BCUT2D eigenvalue weighted by Gasteiger charge is -2.22. The van der Waals surface area contributed by atoms with Gasteiger partial charge >= 0.3 is 0 Å². The zero-order valence-corrected chi connectivity index (χ0v) is 16.4. The van der Waals surface area contributed by atoms with Crippen molar-refractivity contribution < 1.29 is 19.1 Å². The van der Waals surface area contributed by atoms with E-state index in [2.05, 4.69) is 15.9 Å². The van der Waals surface area contributed by atoms with Crippen LogP contribution in [0.25, 0.3) is 0 Å². The van der Waals surface area contributed by atoms with Gasteiger partial charge in [-0.2, -0.15) is 0 Å². The lowest BCUT2D eigenvalue weighted by Crippen LogP contribution is -2.26. The standard InChI is InChI=1S/C22H15BrO5/c1-11-10-16(24)21(27)22(28-11)17(12-6-8-13(23)9-7-12)18-19(25)14-4-2-3-5-15(14)20(18)26/h2-10,17-18,27H,1H3. The molecule has 2 aromatic carbocycles. The smallest absolute Gasteiger partial charge is 0.227 e. The number of hydrogen-bond donors (Lipinski definition) is 1. The topological polar surface area (TPSA) is 84.6 Å². The van der Waals surface area contributed by atoms with Crippen LogP contribution in [-0.2, 0) is 0 Å². The van der Waals surface area contributed by atoms with Crippen molar-refractivity contribution in [1.82, 2.24) is 0 Å². The molecular weight excluding hydrogens is 424 g/mol. The summed E-state index contributed by atoms with van der Waals surface area (Å²) in [5.74, 6) is -3.12. The van der Waals surface area contributed by atoms with Crippen LogP contribution in [0.1, 0.15) is 43.7 Å². The van der Waals surface area contributed by atoms with Crippen molar-refractivity contribution >= 4 is 27.5 Å². The van der Waals surface area contributed by atoms with Gasteiger partial charge in [0.2, 0.25) is 11.2 Å². The molecule has 1 heterocycles. The van der Waals surface area contributed by atoms with Crippen LogP contribution in [0.2, 0.25) is 0 Å². The predicted octanol–water partition coefficient (Wildman–Crippen LogP) is 4.24. The number of carbonyl (C=O) groups excluding carboxylic acids is 2. The number of Topliss-reactive ketones (excluding diaryl/α,β-unsaturated/α-hetero) is 2. The molecule has 0 amide bonds. The minimum Gasteiger partial charge on any atom is -0.502 e. The molecule has 1 N–H and O–H groups in total. The molecule has 0 radical (unpaired) electrons. The van der Waals surface area contributed by atoms with Gasteiger partial charge in [0.15, 0.2) is 17.3 Å². The van der Waals surface area contributed by atoms with Crippen molar-refractivity contribution in [2.24, 2.45) is 5.92 Å². The summed E-state index contributed by atoms with van der Waals surface area (Å²) in [5, 5.41) is 10.4. The highest BCUT2D eigenvalue weighted by molar-refractivity contribution is 9.10. The van der Waals surface area contributed by atoms with Crippen molar-refractivity contribution in [3.8, 4) is 5.75 Å². The second kappa shape index (κ2) is 6.87. The van der Waals surface area contributed by atoms with Gasteiger partial charge in [-0.3, -0.25) is 14.4 Å². The molecule has 0 saturated heterocycles. The molecule has 1 atom stereocenters. The summed E-state index contributed by atoms with van der Waals surface area (Å²) >= 11 is 3.36. The first-order chi connectivity index (χ1) is 13.4. The maximum absolute atomic E-state index is 13.1. The van der Waals surface area contributed by atoms with Crippen LogP contribution >= 0.6 is 15.9 Å². The molecule has 0 saturated carbocycles. The number of fused-ring (bicyclic) bond motifs is 1. The summed E-state index contributed by atoms with van der Waals surface area (Å²) in [6.07, 6.45) is 0. The predicted molar refractivity (Wildman–Crippen MR) is 106 cm³/mol. The Labute approximate surface area is 168 Å². The number of aromatic hydroxyl groups is 1. The van der Waals surface area contributed by atoms with E-state index in [0.717, 1.165) is 4.47 Å². The first-order valence-corrected chi connectivity index (χ1v) is 9.44. The fourth-order valence-electron chi connectivity index (χ4n) is 3.67. The fourth-order valence-corrected chi connectivity index (χ4v) is 3.94. The molecule has 140 valence electrons. The number of carbonyl (C=O) groups is 2. The molecule has 1 aromatic heterocycles. The van der Waals surface area contributed by atoms with E-state index in [1.807, 2.05) is 0 Å². The Kier molecular flexibility index (Phi) is 4.51. The molecule has 0 spiro atoms. The molecule has 1 unspecified atom stereocenters. The van der Waals surface area contributed by atoms with Crippen LogP contribution in [0, 0.1) is 12.8 Å². The van der Waals surface area contributed by atoms with Crippen LogP contribution in [0.4, 0.5) is 0 Å². The zero-order valence-electron chi connectivity index (χ0n) is 14.8. The number of rotatable bonds is 3. The van der Waals surface area contributed by atoms with Gasteiger partial charge in [-0.1, -0.05) is 52.3 Å². The maximum Gasteiger partial charge on any atom is 0.227 e. The molecule has 0 fully saturated rings. The second-order valence-corrected chi connectivity index (χ2v) is 7.63. The van der Waals surface area contributed by atoms with E-state index in [0.29, 0.717) is 16.7 Å². The van der Waals surface area contributed by atoms with Gasteiger partial charge < -0.3 is 9.52 Å². The third kappa shape index (κ3) is 2.90. The van der Waals surface area contributed by atoms with Gasteiger partial charge in [0.05, 0.1) is 11.8 Å². The first-order valence-electron chi connectivity index (χ1n) is 8.65. The van der Waals surface area contributed by atoms with E-state index in [9.17, 15) is 19.5 Å². The van der Waals surface area contributed by atoms with Crippen LogP contribution in [-0.4, -0.2) is 16.7 Å². The Morgan fingerprint density at radius 1 is 0.964 bits per heavy atom. The monoisotopic (exact) mass is 438 g/mol. The molecule has 1 aliphatic rings. The lowest BCUT2D eigenvalue weighted by atomic mass is 9.80. The van der Waals surface area contributed by atoms with Gasteiger partial charge in [-0.15, -0.1) is 0 Å². The number of halogens is 1. The van der Waals surface area contributed by atoms with E-state index in [1.54, 1.807) is 55.5 Å². The molecule has 5 nitrogen and oxygen atoms in total. The molecular formula is C22H15BrO5. The SMILES string of the molecule is Cc1cc(=O)c(O)c(C(c2ccc(Br)cc2)C2C(=O)c3ccccc3C2=O)o1. The van der Waals surface area contributed by atoms with Gasteiger partial charge in [-0.05, 0) is 24.6 Å². The number of hydrogen-bond acceptors (Lipinski definition) is 5. The lowest BCUT2D eigenvalue weighted by molar-refractivity contribution is 0.0816. The Morgan fingerprint density at radius 2 is 1.54 bits per heavy atom. The highest BCUT2D eigenvalue weighted by atomic mass is 79.9. The van der Waals surface area contributed by atoms with Crippen molar-refractivity contribution in [3.63, 3.8) is 0 Å². The molecule has 0 aliphatic heterocycles. The summed E-state index contributed by atoms with van der Waals surface area (Å²) in [6, 6.07) is 14.8. The molecule has 3 aromatic rings. The Bertz CT molecular complexity index is 1130. The molecule has 28 heavy (non-hydrogen) atoms. The van der Waals surface area contributed by atoms with E-state index in [-0.39, 0.29) is 23.1 Å². The molecule has 4 rings (SSSR count). The Balaban J connectivity index is 1.96. The van der Waals surface area contributed by atoms with Crippen LogP contribution in [0.15, 0.2) is 68.3 Å². The number of benzene rings is 2. The van der Waals surface area contributed by atoms with Gasteiger partial charge in [0, 0.05) is 21.7 Å². The van der Waals surface area contributed by atoms with Crippen molar-refractivity contribution in [2.45, 2.75) is 12.8 Å². The fraction of sp³-hybridized carbons (Fsp3) is 0.136. The van der Waals surface area contributed by atoms with E-state index in [1.165, 1.54) is 6.07 Å². The average Bonchev–Trinajstić information content (AvgIpc) is 2.92. The van der Waals surface area contributed by atoms with Crippen molar-refractivity contribution in [3.05, 3.63) is 97.5 Å². The van der Waals surface area contributed by atoms with E-state index in [4.69, 9.17) is 4.42 Å². The largest absolute Gasteiger partial charge is 0.502 e. The summed E-state index contributed by atoms with van der Waals surface area (Å²) in [4.78, 5) is 38.4. The molecule has 1 aliphatic carbocycles. The minimum absolute atomic E-state index is 0.0770. The van der Waals surface area contributed by atoms with E-state index >= 15 is 0 Å². The minimum atomic E-state index is -1.12. The third-order valence-corrected chi connectivity index (χ3v) is 5.47. The molecule has 6 heteroatoms. The first kappa shape index (κ1) is 18.4. The summed E-state index contributed by atoms with van der Waals surface area (Å²) in [6.45, 7) is 1.58. The highest BCUT2D eigenvalue weighted by Gasteiger charge is 2.46. The van der Waals surface area contributed by atoms with Gasteiger partial charge in [0.25, 0.3) is 0 Å². The highest BCUT2D eigenvalue weighted by Crippen LogP contribution is 2.43. The third-order valence-electron chi connectivity index (χ3n) is 4.94. The average molecular weight is 439 g/mol. The summed E-state index contributed by atoms with van der Waals surface area (Å²) in [5.41, 5.74) is 0.659. The Morgan fingerprint density at radius 3 is 2.11 bits per heavy atom. The van der Waals surface area contributed by atoms with Crippen LogP contribution < -0.4 is 5.43 Å². The van der Waals surface area contributed by atoms with E-state index < -0.39 is 23.0 Å². The Hall–Kier alpha value is -2.99. The van der Waals surface area contributed by atoms with Crippen LogP contribution in [0.5, 0.6) is 5.75 Å². The zero-order chi connectivity index (χ0) is 20.0. The normalized spacial score (nSPS) is 14.9. The maximum atomic E-state index is 13.1. The van der Waals surface area contributed by atoms with Crippen LogP contribution in [0.3, 0.4) is 0 Å². The van der Waals surface area contributed by atoms with Crippen molar-refractivity contribution in [1.29, 1.82) is 0 Å². The van der Waals surface area contributed by atoms with Gasteiger partial charge in [0.1, 0.15) is 5.76 Å². The second-order valence-electron chi connectivity index (χ2n) is 6.72. The van der Waals surface area contributed by atoms with Crippen molar-refractivity contribution in [2.75, 3.05) is 0 Å². The quantitative estimate of drug-likeness (QED) is 0.618. The number of ketones is 2. The molecule has 0 bridgehead atoms. The summed E-state index contributed by atoms with van der Waals surface area (Å²) < 4.78 is 6.49.